The van der Waals surface area contributed by atoms with E-state index in [0.717, 1.165) is 25.7 Å². The summed E-state index contributed by atoms with van der Waals surface area (Å²) in [5.41, 5.74) is 5.75. The van der Waals surface area contributed by atoms with Crippen LogP contribution in [0.15, 0.2) is 0 Å². The van der Waals surface area contributed by atoms with Crippen LogP contribution in [-0.2, 0) is 33.4 Å². The van der Waals surface area contributed by atoms with E-state index in [1.807, 2.05) is 0 Å². The first-order valence-corrected chi connectivity index (χ1v) is 13.8. The quantitative estimate of drug-likeness (QED) is 0.262. The highest BCUT2D eigenvalue weighted by atomic mass is 16.5. The number of carbonyl (C=O) groups excluding carboxylic acids is 4. The Balaban J connectivity index is 3.11. The average Bonchev–Trinajstić information content (AvgIpc) is 3.41. The van der Waals surface area contributed by atoms with Crippen LogP contribution < -0.4 is 11.1 Å². The van der Waals surface area contributed by atoms with Gasteiger partial charge < -0.3 is 35.1 Å². The zero-order valence-electron chi connectivity index (χ0n) is 24.4. The Morgan fingerprint density at radius 2 is 1.79 bits per heavy atom. The number of ether oxygens (including phenoxy) is 3. The van der Waals surface area contributed by atoms with E-state index in [4.69, 9.17) is 15.2 Å². The summed E-state index contributed by atoms with van der Waals surface area (Å²) in [6.45, 7) is 8.70. The lowest BCUT2D eigenvalue weighted by Crippen LogP contribution is -2.55. The molecule has 0 aliphatic carbocycles. The molecule has 1 rings (SSSR count). The zero-order chi connectivity index (χ0) is 28.8. The van der Waals surface area contributed by atoms with Gasteiger partial charge in [-0.25, -0.2) is 0 Å². The van der Waals surface area contributed by atoms with Gasteiger partial charge in [-0.15, -0.1) is 0 Å². The van der Waals surface area contributed by atoms with E-state index in [2.05, 4.69) is 30.8 Å². The van der Waals surface area contributed by atoms with Gasteiger partial charge in [0.2, 0.25) is 17.7 Å². The standard InChI is InChI=1S/C27H50N4O7/c1-8-10-13-31(23(33)16-28)25(18(3)9-2)21(36-5)15-22(32)30-14-11-12-20(30)26(38-7)19(4)27(35)29-17-24(34)37-6/h18-21,25-26H,8-17,28H2,1-7H3,(H,29,35)/t18-,19+,20?,21+,25-,26+/m0/s1. The van der Waals surface area contributed by atoms with E-state index >= 15 is 0 Å². The van der Waals surface area contributed by atoms with Gasteiger partial charge in [-0.3, -0.25) is 19.2 Å². The maximum Gasteiger partial charge on any atom is 0.325 e. The summed E-state index contributed by atoms with van der Waals surface area (Å²) in [5, 5.41) is 2.57. The molecule has 0 aromatic carbocycles. The monoisotopic (exact) mass is 542 g/mol. The van der Waals surface area contributed by atoms with Crippen LogP contribution >= 0.6 is 0 Å². The van der Waals surface area contributed by atoms with Crippen molar-refractivity contribution in [1.82, 2.24) is 15.1 Å². The molecule has 0 aromatic heterocycles. The Morgan fingerprint density at radius 3 is 2.32 bits per heavy atom. The fourth-order valence-corrected chi connectivity index (χ4v) is 5.31. The number of nitrogens with zero attached hydrogens (tertiary/aromatic N) is 2. The molecule has 11 nitrogen and oxygen atoms in total. The third-order valence-corrected chi connectivity index (χ3v) is 7.71. The summed E-state index contributed by atoms with van der Waals surface area (Å²) in [4.78, 5) is 54.2. The molecule has 1 unspecified atom stereocenters. The van der Waals surface area contributed by atoms with Crippen molar-refractivity contribution in [2.45, 2.75) is 90.5 Å². The number of carbonyl (C=O) groups is 4. The summed E-state index contributed by atoms with van der Waals surface area (Å²) in [7, 11) is 4.36. The molecule has 1 fully saturated rings. The maximum absolute atomic E-state index is 13.7. The highest BCUT2D eigenvalue weighted by Crippen LogP contribution is 2.29. The van der Waals surface area contributed by atoms with Crippen LogP contribution in [0.1, 0.15) is 66.2 Å². The van der Waals surface area contributed by atoms with E-state index in [1.165, 1.54) is 14.2 Å². The van der Waals surface area contributed by atoms with Crippen molar-refractivity contribution < 1.29 is 33.4 Å². The minimum Gasteiger partial charge on any atom is -0.468 e. The van der Waals surface area contributed by atoms with Crippen molar-refractivity contribution >= 4 is 23.7 Å². The second-order valence-corrected chi connectivity index (χ2v) is 10.1. The molecule has 3 amide bonds. The molecule has 0 saturated carbocycles. The summed E-state index contributed by atoms with van der Waals surface area (Å²) in [5.74, 6) is -1.64. The Hall–Kier alpha value is -2.24. The minimum absolute atomic E-state index is 0.0965. The minimum atomic E-state index is -0.596. The van der Waals surface area contributed by atoms with Crippen LogP contribution in [0.25, 0.3) is 0 Å². The number of methoxy groups -OCH3 is 3. The molecule has 1 saturated heterocycles. The SMILES string of the molecule is CCCCN(C(=O)CN)[C@@H]([C@@H](C)CC)[C@@H](CC(=O)N1CCCC1[C@H](OC)[C@@H](C)C(=O)NCC(=O)OC)OC. The summed E-state index contributed by atoms with van der Waals surface area (Å²) in [6, 6.07) is -0.591. The molecule has 0 bridgehead atoms. The molecule has 11 heteroatoms. The average molecular weight is 543 g/mol. The van der Waals surface area contributed by atoms with Crippen molar-refractivity contribution in [2.75, 3.05) is 47.5 Å². The van der Waals surface area contributed by atoms with E-state index in [0.29, 0.717) is 19.5 Å². The van der Waals surface area contributed by atoms with Gasteiger partial charge in [0.15, 0.2) is 0 Å². The van der Waals surface area contributed by atoms with E-state index in [1.54, 1.807) is 23.8 Å². The van der Waals surface area contributed by atoms with Gasteiger partial charge in [-0.1, -0.05) is 40.5 Å². The maximum atomic E-state index is 13.7. The van der Waals surface area contributed by atoms with Gasteiger partial charge in [0.05, 0.1) is 50.3 Å². The second kappa shape index (κ2) is 17.4. The predicted octanol–water partition coefficient (Wildman–Crippen LogP) is 1.32. The number of nitrogens with two attached hydrogens (primary N) is 1. The topological polar surface area (TPSA) is 140 Å². The number of esters is 1. The highest BCUT2D eigenvalue weighted by Gasteiger charge is 2.42. The molecule has 220 valence electrons. The van der Waals surface area contributed by atoms with Crippen molar-refractivity contribution in [3.63, 3.8) is 0 Å². The molecular formula is C27H50N4O7. The summed E-state index contributed by atoms with van der Waals surface area (Å²) >= 11 is 0. The molecule has 38 heavy (non-hydrogen) atoms. The fourth-order valence-electron chi connectivity index (χ4n) is 5.31. The molecule has 0 radical (unpaired) electrons. The number of rotatable bonds is 17. The molecule has 1 aliphatic rings. The van der Waals surface area contributed by atoms with E-state index in [-0.39, 0.29) is 55.2 Å². The van der Waals surface area contributed by atoms with Crippen LogP contribution in [0.2, 0.25) is 0 Å². The zero-order valence-corrected chi connectivity index (χ0v) is 24.4. The van der Waals surface area contributed by atoms with Gasteiger partial charge in [0, 0.05) is 27.3 Å². The second-order valence-electron chi connectivity index (χ2n) is 10.1. The van der Waals surface area contributed by atoms with Gasteiger partial charge in [0.25, 0.3) is 0 Å². The van der Waals surface area contributed by atoms with Crippen LogP contribution in [0, 0.1) is 11.8 Å². The number of hydrogen-bond acceptors (Lipinski definition) is 8. The van der Waals surface area contributed by atoms with Crippen molar-refractivity contribution in [1.29, 1.82) is 0 Å². The van der Waals surface area contributed by atoms with E-state index < -0.39 is 24.1 Å². The first kappa shape index (κ1) is 33.8. The van der Waals surface area contributed by atoms with E-state index in [9.17, 15) is 19.2 Å². The summed E-state index contributed by atoms with van der Waals surface area (Å²) < 4.78 is 16.2. The van der Waals surface area contributed by atoms with Crippen LogP contribution in [0.5, 0.6) is 0 Å². The normalized spacial score (nSPS) is 19.3. The molecule has 6 atom stereocenters. The lowest BCUT2D eigenvalue weighted by molar-refractivity contribution is -0.147. The molecule has 3 N–H and O–H groups in total. The van der Waals surface area contributed by atoms with Gasteiger partial charge in [-0.2, -0.15) is 0 Å². The third-order valence-electron chi connectivity index (χ3n) is 7.71. The Labute approximate surface area is 228 Å². The summed E-state index contributed by atoms with van der Waals surface area (Å²) in [6.07, 6.45) is 3.10. The number of amides is 3. The van der Waals surface area contributed by atoms with Crippen molar-refractivity contribution in [3.05, 3.63) is 0 Å². The Bertz CT molecular complexity index is 766. The smallest absolute Gasteiger partial charge is 0.325 e. The molecule has 1 aliphatic heterocycles. The first-order chi connectivity index (χ1) is 18.1. The lowest BCUT2D eigenvalue weighted by atomic mass is 9.89. The predicted molar refractivity (Wildman–Crippen MR) is 144 cm³/mol. The highest BCUT2D eigenvalue weighted by molar-refractivity contribution is 5.84. The van der Waals surface area contributed by atoms with Crippen LogP contribution in [0.4, 0.5) is 0 Å². The fraction of sp³-hybridized carbons (Fsp3) is 0.852. The number of nitrogens with one attached hydrogen (secondary N) is 1. The largest absolute Gasteiger partial charge is 0.468 e. The van der Waals surface area contributed by atoms with Gasteiger partial charge >= 0.3 is 5.97 Å². The number of unbranched alkanes of at least 4 members (excludes halogenated alkanes) is 1. The third kappa shape index (κ3) is 9.20. The number of likely N-dealkylation sites (tertiary alicyclic amines) is 1. The lowest BCUT2D eigenvalue weighted by Gasteiger charge is -2.41. The van der Waals surface area contributed by atoms with Gasteiger partial charge in [-0.05, 0) is 25.2 Å². The van der Waals surface area contributed by atoms with Crippen LogP contribution in [-0.4, -0.2) is 105 Å². The van der Waals surface area contributed by atoms with Crippen molar-refractivity contribution in [3.8, 4) is 0 Å². The van der Waals surface area contributed by atoms with Gasteiger partial charge in [0.1, 0.15) is 6.54 Å². The molecular weight excluding hydrogens is 492 g/mol. The van der Waals surface area contributed by atoms with Crippen molar-refractivity contribution in [2.24, 2.45) is 17.6 Å². The number of hydrogen-bond donors (Lipinski definition) is 2. The molecule has 1 heterocycles. The first-order valence-electron chi connectivity index (χ1n) is 13.8. The van der Waals surface area contributed by atoms with Crippen LogP contribution in [0.3, 0.4) is 0 Å². The Kier molecular flexibility index (Phi) is 15.4. The molecule has 0 spiro atoms. The molecule has 0 aromatic rings. The Morgan fingerprint density at radius 1 is 1.11 bits per heavy atom.